The molecule has 1 fully saturated rings. The number of hydrogen-bond acceptors (Lipinski definition) is 3. The lowest BCUT2D eigenvalue weighted by molar-refractivity contribution is 0.0980. The van der Waals surface area contributed by atoms with Crippen LogP contribution in [0.3, 0.4) is 0 Å². The first-order valence-electron chi connectivity index (χ1n) is 7.13. The molecule has 0 saturated heterocycles. The molecule has 0 amide bonds. The van der Waals surface area contributed by atoms with Crippen LogP contribution in [-0.2, 0) is 6.42 Å². The van der Waals surface area contributed by atoms with Gasteiger partial charge in [-0.15, -0.1) is 11.3 Å². The van der Waals surface area contributed by atoms with Gasteiger partial charge in [-0.2, -0.15) is 0 Å². The van der Waals surface area contributed by atoms with Crippen LogP contribution in [0.15, 0.2) is 41.8 Å². The number of hydrogen-bond donors (Lipinski definition) is 0. The van der Waals surface area contributed by atoms with Gasteiger partial charge in [0.1, 0.15) is 5.75 Å². The van der Waals surface area contributed by atoms with Crippen LogP contribution in [0.2, 0.25) is 0 Å². The molecule has 3 rings (SSSR count). The smallest absolute Gasteiger partial charge is 0.162 e. The molecule has 20 heavy (non-hydrogen) atoms. The third-order valence-electron chi connectivity index (χ3n) is 3.41. The number of benzene rings is 1. The van der Waals surface area contributed by atoms with Crippen molar-refractivity contribution in [3.05, 3.63) is 52.2 Å². The van der Waals surface area contributed by atoms with Crippen molar-refractivity contribution >= 4 is 17.1 Å². The van der Waals surface area contributed by atoms with Crippen LogP contribution < -0.4 is 4.74 Å². The van der Waals surface area contributed by atoms with Crippen molar-refractivity contribution in [1.29, 1.82) is 0 Å². The van der Waals surface area contributed by atoms with Crippen LogP contribution in [0.25, 0.3) is 0 Å². The Morgan fingerprint density at radius 2 is 2.00 bits per heavy atom. The number of ether oxygens (including phenoxy) is 1. The van der Waals surface area contributed by atoms with Gasteiger partial charge in [-0.1, -0.05) is 6.07 Å². The third kappa shape index (κ3) is 3.70. The number of Topliss-reactive ketones (excluding diaryl/α,β-unsaturated/α-hetero) is 1. The zero-order valence-electron chi connectivity index (χ0n) is 11.4. The molecule has 1 aliphatic carbocycles. The van der Waals surface area contributed by atoms with Crippen molar-refractivity contribution in [2.75, 3.05) is 0 Å². The Balaban J connectivity index is 1.48. The Bertz CT molecular complexity index is 553. The van der Waals surface area contributed by atoms with Crippen LogP contribution in [-0.4, -0.2) is 11.9 Å². The summed E-state index contributed by atoms with van der Waals surface area (Å²) in [7, 11) is 0. The first kappa shape index (κ1) is 13.4. The van der Waals surface area contributed by atoms with Crippen molar-refractivity contribution in [1.82, 2.24) is 0 Å². The molecule has 2 aromatic rings. The molecule has 0 N–H and O–H groups in total. The number of thiophene rings is 1. The summed E-state index contributed by atoms with van der Waals surface area (Å²) < 4.78 is 5.68. The Labute approximate surface area is 123 Å². The Morgan fingerprint density at radius 3 is 2.65 bits per heavy atom. The van der Waals surface area contributed by atoms with E-state index in [9.17, 15) is 4.79 Å². The maximum atomic E-state index is 12.1. The molecule has 1 aromatic heterocycles. The summed E-state index contributed by atoms with van der Waals surface area (Å²) in [6, 6.07) is 11.8. The van der Waals surface area contributed by atoms with E-state index in [1.807, 2.05) is 24.3 Å². The normalized spacial score (nSPS) is 14.2. The van der Waals surface area contributed by atoms with Crippen LogP contribution in [0.4, 0.5) is 0 Å². The molecule has 1 aromatic carbocycles. The topological polar surface area (TPSA) is 26.3 Å². The Kier molecular flexibility index (Phi) is 4.16. The number of carbonyl (C=O) groups excluding carboxylic acids is 1. The zero-order chi connectivity index (χ0) is 13.8. The molecule has 0 atom stereocenters. The quantitative estimate of drug-likeness (QED) is 0.701. The van der Waals surface area contributed by atoms with E-state index in [1.165, 1.54) is 4.88 Å². The number of aryl methyl sites for hydroxylation is 1. The van der Waals surface area contributed by atoms with Gasteiger partial charge in [-0.05, 0) is 61.4 Å². The lowest BCUT2D eigenvalue weighted by atomic mass is 10.1. The van der Waals surface area contributed by atoms with Gasteiger partial charge < -0.3 is 4.74 Å². The predicted octanol–water partition coefficient (Wildman–Crippen LogP) is 4.49. The van der Waals surface area contributed by atoms with E-state index in [2.05, 4.69) is 17.5 Å². The van der Waals surface area contributed by atoms with E-state index >= 15 is 0 Å². The van der Waals surface area contributed by atoms with Gasteiger partial charge in [-0.3, -0.25) is 4.79 Å². The fraction of sp³-hybridized carbons (Fsp3) is 0.353. The molecule has 1 heterocycles. The van der Waals surface area contributed by atoms with Crippen molar-refractivity contribution < 1.29 is 9.53 Å². The Hall–Kier alpha value is -1.61. The fourth-order valence-corrected chi connectivity index (χ4v) is 2.87. The van der Waals surface area contributed by atoms with Gasteiger partial charge in [0, 0.05) is 16.9 Å². The van der Waals surface area contributed by atoms with Crippen LogP contribution >= 0.6 is 11.3 Å². The third-order valence-corrected chi connectivity index (χ3v) is 4.35. The first-order valence-corrected chi connectivity index (χ1v) is 8.01. The van der Waals surface area contributed by atoms with Gasteiger partial charge >= 0.3 is 0 Å². The molecule has 0 aliphatic heterocycles. The van der Waals surface area contributed by atoms with Gasteiger partial charge in [0.05, 0.1) is 6.10 Å². The molecular formula is C17H18O2S. The van der Waals surface area contributed by atoms with E-state index in [0.29, 0.717) is 12.5 Å². The fourth-order valence-electron chi connectivity index (χ4n) is 2.12. The molecule has 104 valence electrons. The van der Waals surface area contributed by atoms with Gasteiger partial charge in [0.25, 0.3) is 0 Å². The summed E-state index contributed by atoms with van der Waals surface area (Å²) in [6.07, 6.45) is 5.24. The molecule has 0 bridgehead atoms. The van der Waals surface area contributed by atoms with Crippen LogP contribution in [0, 0.1) is 0 Å². The maximum absolute atomic E-state index is 12.1. The molecule has 3 heteroatoms. The molecule has 0 unspecified atom stereocenters. The van der Waals surface area contributed by atoms with E-state index in [-0.39, 0.29) is 5.78 Å². The second-order valence-electron chi connectivity index (χ2n) is 5.20. The second kappa shape index (κ2) is 6.23. The maximum Gasteiger partial charge on any atom is 0.162 e. The molecule has 0 radical (unpaired) electrons. The largest absolute Gasteiger partial charge is 0.490 e. The van der Waals surface area contributed by atoms with E-state index in [4.69, 9.17) is 4.74 Å². The molecule has 1 aliphatic rings. The van der Waals surface area contributed by atoms with E-state index < -0.39 is 0 Å². The number of carbonyl (C=O) groups is 1. The summed E-state index contributed by atoms with van der Waals surface area (Å²) in [5.74, 6) is 1.10. The average molecular weight is 286 g/mol. The summed E-state index contributed by atoms with van der Waals surface area (Å²) in [4.78, 5) is 13.4. The highest BCUT2D eigenvalue weighted by molar-refractivity contribution is 7.09. The molecular weight excluding hydrogens is 268 g/mol. The van der Waals surface area contributed by atoms with E-state index in [0.717, 1.165) is 37.0 Å². The summed E-state index contributed by atoms with van der Waals surface area (Å²) in [5.41, 5.74) is 0.791. The highest BCUT2D eigenvalue weighted by atomic mass is 32.1. The minimum absolute atomic E-state index is 0.222. The number of rotatable bonds is 7. The Morgan fingerprint density at radius 1 is 1.20 bits per heavy atom. The van der Waals surface area contributed by atoms with Gasteiger partial charge in [0.15, 0.2) is 5.78 Å². The molecule has 2 nitrogen and oxygen atoms in total. The van der Waals surface area contributed by atoms with Crippen molar-refractivity contribution in [3.63, 3.8) is 0 Å². The monoisotopic (exact) mass is 286 g/mol. The summed E-state index contributed by atoms with van der Waals surface area (Å²) in [6.45, 7) is 0. The minimum Gasteiger partial charge on any atom is -0.490 e. The summed E-state index contributed by atoms with van der Waals surface area (Å²) >= 11 is 1.76. The van der Waals surface area contributed by atoms with Gasteiger partial charge in [-0.25, -0.2) is 0 Å². The SMILES string of the molecule is O=C(CCCc1cccs1)c1ccc(OC2CC2)cc1. The number of ketones is 1. The van der Waals surface area contributed by atoms with E-state index in [1.54, 1.807) is 11.3 Å². The minimum atomic E-state index is 0.222. The van der Waals surface area contributed by atoms with Gasteiger partial charge in [0.2, 0.25) is 0 Å². The lowest BCUT2D eigenvalue weighted by Gasteiger charge is -2.05. The predicted molar refractivity (Wildman–Crippen MR) is 81.7 cm³/mol. The lowest BCUT2D eigenvalue weighted by Crippen LogP contribution is -2.01. The van der Waals surface area contributed by atoms with Crippen molar-refractivity contribution in [2.45, 2.75) is 38.2 Å². The van der Waals surface area contributed by atoms with Crippen LogP contribution in [0.1, 0.15) is 40.9 Å². The summed E-state index contributed by atoms with van der Waals surface area (Å²) in [5, 5.41) is 2.08. The first-order chi connectivity index (χ1) is 9.81. The van der Waals surface area contributed by atoms with Crippen LogP contribution in [0.5, 0.6) is 5.75 Å². The average Bonchev–Trinajstić information content (AvgIpc) is 3.12. The molecule has 1 saturated carbocycles. The molecule has 0 spiro atoms. The highest BCUT2D eigenvalue weighted by Crippen LogP contribution is 2.26. The second-order valence-corrected chi connectivity index (χ2v) is 6.23. The van der Waals surface area contributed by atoms with Crippen molar-refractivity contribution in [2.24, 2.45) is 0 Å². The highest BCUT2D eigenvalue weighted by Gasteiger charge is 2.23. The van der Waals surface area contributed by atoms with Crippen molar-refractivity contribution in [3.8, 4) is 5.75 Å². The zero-order valence-corrected chi connectivity index (χ0v) is 12.2. The standard InChI is InChI=1S/C17H18O2S/c18-17(5-1-3-16-4-2-12-20-16)13-6-8-14(9-7-13)19-15-10-11-15/h2,4,6-9,12,15H,1,3,5,10-11H2.